The van der Waals surface area contributed by atoms with Gasteiger partial charge in [0.25, 0.3) is 5.91 Å². The van der Waals surface area contributed by atoms with Crippen molar-refractivity contribution >= 4 is 28.9 Å². The summed E-state index contributed by atoms with van der Waals surface area (Å²) in [4.78, 5) is 25.0. The lowest BCUT2D eigenvalue weighted by Crippen LogP contribution is -2.36. The molecule has 1 N–H and O–H groups in total. The van der Waals surface area contributed by atoms with Gasteiger partial charge in [-0.1, -0.05) is 12.1 Å². The van der Waals surface area contributed by atoms with Gasteiger partial charge in [0.1, 0.15) is 17.2 Å². The lowest BCUT2D eigenvalue weighted by molar-refractivity contribution is -0.118. The van der Waals surface area contributed by atoms with Crippen LogP contribution in [0.15, 0.2) is 47.6 Å². The Kier molecular flexibility index (Phi) is 5.40. The summed E-state index contributed by atoms with van der Waals surface area (Å²) in [6.45, 7) is 1.93. The second-order valence-corrected chi connectivity index (χ2v) is 6.11. The Morgan fingerprint density at radius 3 is 2.63 bits per heavy atom. The Labute approximate surface area is 157 Å². The van der Waals surface area contributed by atoms with Gasteiger partial charge in [0.2, 0.25) is 5.91 Å². The van der Waals surface area contributed by atoms with Crippen LogP contribution in [0.3, 0.4) is 0 Å². The Morgan fingerprint density at radius 2 is 1.93 bits per heavy atom. The van der Waals surface area contributed by atoms with Crippen molar-refractivity contribution in [2.75, 3.05) is 24.5 Å². The van der Waals surface area contributed by atoms with E-state index in [0.717, 1.165) is 5.56 Å². The van der Waals surface area contributed by atoms with Crippen molar-refractivity contribution in [2.24, 2.45) is 5.10 Å². The Hall–Kier alpha value is -3.35. The minimum atomic E-state index is -0.383. The lowest BCUT2D eigenvalue weighted by atomic mass is 10.1. The SMILES string of the molecule is COc1ccc(OC)c(NC(=O)C2=NN(c3cccc(C)c3)C(=O)CC2)c1. The van der Waals surface area contributed by atoms with Crippen LogP contribution in [0.5, 0.6) is 11.5 Å². The van der Waals surface area contributed by atoms with E-state index < -0.39 is 0 Å². The van der Waals surface area contributed by atoms with E-state index in [1.54, 1.807) is 31.4 Å². The van der Waals surface area contributed by atoms with Gasteiger partial charge in [0, 0.05) is 18.9 Å². The molecule has 0 saturated heterocycles. The van der Waals surface area contributed by atoms with E-state index in [1.165, 1.54) is 12.1 Å². The molecule has 0 bridgehead atoms. The molecular weight excluding hydrogens is 346 g/mol. The van der Waals surface area contributed by atoms with Crippen LogP contribution in [0.4, 0.5) is 11.4 Å². The fourth-order valence-corrected chi connectivity index (χ4v) is 2.78. The average molecular weight is 367 g/mol. The number of rotatable bonds is 5. The van der Waals surface area contributed by atoms with Crippen molar-refractivity contribution in [3.05, 3.63) is 48.0 Å². The van der Waals surface area contributed by atoms with Crippen molar-refractivity contribution in [2.45, 2.75) is 19.8 Å². The van der Waals surface area contributed by atoms with Crippen molar-refractivity contribution in [3.63, 3.8) is 0 Å². The van der Waals surface area contributed by atoms with Crippen molar-refractivity contribution in [1.82, 2.24) is 0 Å². The number of benzene rings is 2. The second kappa shape index (κ2) is 7.90. The predicted octanol–water partition coefficient (Wildman–Crippen LogP) is 3.13. The maximum atomic E-state index is 12.7. The van der Waals surface area contributed by atoms with Gasteiger partial charge in [-0.05, 0) is 36.8 Å². The molecule has 0 unspecified atom stereocenters. The number of nitrogens with one attached hydrogen (secondary N) is 1. The third kappa shape index (κ3) is 4.08. The molecule has 0 saturated carbocycles. The van der Waals surface area contributed by atoms with Crippen molar-refractivity contribution < 1.29 is 19.1 Å². The second-order valence-electron chi connectivity index (χ2n) is 6.11. The van der Waals surface area contributed by atoms with Gasteiger partial charge in [-0.3, -0.25) is 9.59 Å². The maximum Gasteiger partial charge on any atom is 0.271 e. The number of methoxy groups -OCH3 is 2. The van der Waals surface area contributed by atoms with Crippen molar-refractivity contribution in [1.29, 1.82) is 0 Å². The van der Waals surface area contributed by atoms with Crippen LogP contribution in [0.1, 0.15) is 18.4 Å². The number of anilines is 2. The minimum Gasteiger partial charge on any atom is -0.497 e. The van der Waals surface area contributed by atoms with Gasteiger partial charge >= 0.3 is 0 Å². The lowest BCUT2D eigenvalue weighted by Gasteiger charge is -2.23. The van der Waals surface area contributed by atoms with E-state index >= 15 is 0 Å². The molecule has 0 aliphatic carbocycles. The summed E-state index contributed by atoms with van der Waals surface area (Å²) in [5.74, 6) is 0.572. The molecule has 1 aliphatic rings. The first-order chi connectivity index (χ1) is 13.0. The monoisotopic (exact) mass is 367 g/mol. The van der Waals surface area contributed by atoms with Crippen LogP contribution in [0.25, 0.3) is 0 Å². The Bertz CT molecular complexity index is 908. The molecule has 27 heavy (non-hydrogen) atoms. The molecule has 7 nitrogen and oxygen atoms in total. The largest absolute Gasteiger partial charge is 0.497 e. The number of hydrogen-bond donors (Lipinski definition) is 1. The van der Waals surface area contributed by atoms with Crippen LogP contribution < -0.4 is 19.8 Å². The molecule has 2 aromatic rings. The first-order valence-electron chi connectivity index (χ1n) is 8.52. The molecular formula is C20H21N3O4. The smallest absolute Gasteiger partial charge is 0.271 e. The summed E-state index contributed by atoms with van der Waals surface area (Å²) >= 11 is 0. The zero-order chi connectivity index (χ0) is 19.4. The van der Waals surface area contributed by atoms with Gasteiger partial charge in [-0.25, -0.2) is 5.01 Å². The summed E-state index contributed by atoms with van der Waals surface area (Å²) in [7, 11) is 3.07. The quantitative estimate of drug-likeness (QED) is 0.880. The summed E-state index contributed by atoms with van der Waals surface area (Å²) in [6, 6.07) is 12.6. The third-order valence-electron chi connectivity index (χ3n) is 4.20. The van der Waals surface area contributed by atoms with Gasteiger partial charge in [0.15, 0.2) is 0 Å². The number of amides is 2. The standard InChI is InChI=1S/C20H21N3O4/c1-13-5-4-6-14(11-13)23-19(24)10-8-16(22-23)20(25)21-17-12-15(26-2)7-9-18(17)27-3/h4-7,9,11-12H,8,10H2,1-3H3,(H,21,25). The molecule has 3 rings (SSSR count). The van der Waals surface area contributed by atoms with Crippen molar-refractivity contribution in [3.8, 4) is 11.5 Å². The molecule has 0 fully saturated rings. The van der Waals surface area contributed by atoms with Crippen LogP contribution in [0.2, 0.25) is 0 Å². The predicted molar refractivity (Wildman–Crippen MR) is 104 cm³/mol. The average Bonchev–Trinajstić information content (AvgIpc) is 2.68. The maximum absolute atomic E-state index is 12.7. The van der Waals surface area contributed by atoms with E-state index in [9.17, 15) is 9.59 Å². The molecule has 0 atom stereocenters. The van der Waals surface area contributed by atoms with Gasteiger partial charge in [-0.15, -0.1) is 0 Å². The zero-order valence-corrected chi connectivity index (χ0v) is 15.5. The summed E-state index contributed by atoms with van der Waals surface area (Å²) in [5.41, 5.74) is 2.40. The highest BCUT2D eigenvalue weighted by atomic mass is 16.5. The first-order valence-corrected chi connectivity index (χ1v) is 8.52. The number of carbonyl (C=O) groups is 2. The number of hydrazone groups is 1. The van der Waals surface area contributed by atoms with Gasteiger partial charge in [0.05, 0.1) is 25.6 Å². The fraction of sp³-hybridized carbons (Fsp3) is 0.250. The highest BCUT2D eigenvalue weighted by Crippen LogP contribution is 2.29. The molecule has 1 aliphatic heterocycles. The molecule has 0 aromatic heterocycles. The Balaban J connectivity index is 1.86. The molecule has 140 valence electrons. The summed E-state index contributed by atoms with van der Waals surface area (Å²) in [5, 5.41) is 8.36. The number of hydrogen-bond acceptors (Lipinski definition) is 5. The third-order valence-corrected chi connectivity index (χ3v) is 4.20. The fourth-order valence-electron chi connectivity index (χ4n) is 2.78. The summed E-state index contributed by atoms with van der Waals surface area (Å²) in [6.07, 6.45) is 0.495. The topological polar surface area (TPSA) is 80.2 Å². The van der Waals surface area contributed by atoms with E-state index in [4.69, 9.17) is 9.47 Å². The van der Waals surface area contributed by atoms with Gasteiger partial charge in [-0.2, -0.15) is 5.10 Å². The summed E-state index contributed by atoms with van der Waals surface area (Å²) < 4.78 is 10.5. The molecule has 0 radical (unpaired) electrons. The molecule has 7 heteroatoms. The van der Waals surface area contributed by atoms with Crippen LogP contribution >= 0.6 is 0 Å². The number of ether oxygens (including phenoxy) is 2. The molecule has 0 spiro atoms. The number of aryl methyl sites for hydroxylation is 1. The zero-order valence-electron chi connectivity index (χ0n) is 15.5. The molecule has 2 amide bonds. The molecule has 2 aromatic carbocycles. The normalized spacial score (nSPS) is 13.8. The van der Waals surface area contributed by atoms with E-state index in [2.05, 4.69) is 10.4 Å². The highest BCUT2D eigenvalue weighted by Gasteiger charge is 2.26. The van der Waals surface area contributed by atoms with E-state index in [1.807, 2.05) is 25.1 Å². The van der Waals surface area contributed by atoms with E-state index in [-0.39, 0.29) is 30.4 Å². The molecule has 1 heterocycles. The Morgan fingerprint density at radius 1 is 1.11 bits per heavy atom. The number of nitrogens with zero attached hydrogens (tertiary/aromatic N) is 2. The van der Waals surface area contributed by atoms with Crippen LogP contribution in [0, 0.1) is 6.92 Å². The van der Waals surface area contributed by atoms with Gasteiger partial charge < -0.3 is 14.8 Å². The minimum absolute atomic E-state index is 0.142. The van der Waals surface area contributed by atoms with E-state index in [0.29, 0.717) is 22.9 Å². The van der Waals surface area contributed by atoms with Crippen LogP contribution in [-0.2, 0) is 9.59 Å². The highest BCUT2D eigenvalue weighted by molar-refractivity contribution is 6.44. The number of carbonyl (C=O) groups excluding carboxylic acids is 2. The first kappa shape index (κ1) is 18.4. The van der Waals surface area contributed by atoms with Crippen LogP contribution in [-0.4, -0.2) is 31.7 Å².